The molecule has 2 heteroatoms. The predicted octanol–water partition coefficient (Wildman–Crippen LogP) is 1.14. The summed E-state index contributed by atoms with van der Waals surface area (Å²) in [6.07, 6.45) is 0.855. The highest BCUT2D eigenvalue weighted by atomic mass is 32.1. The first-order valence-corrected chi connectivity index (χ1v) is 2.83. The summed E-state index contributed by atoms with van der Waals surface area (Å²) >= 11 is 3.96. The Morgan fingerprint density at radius 2 is 2.00 bits per heavy atom. The molecular formula is C5H10OS. The Morgan fingerprint density at radius 1 is 1.57 bits per heavy atom. The summed E-state index contributed by atoms with van der Waals surface area (Å²) < 4.78 is 0. The van der Waals surface area contributed by atoms with Gasteiger partial charge in [0.2, 0.25) is 0 Å². The molecule has 0 amide bonds. The fourth-order valence-electron chi connectivity index (χ4n) is 0.157. The second kappa shape index (κ2) is 3.08. The van der Waals surface area contributed by atoms with Gasteiger partial charge in [-0.15, -0.1) is 0 Å². The van der Waals surface area contributed by atoms with Gasteiger partial charge in [-0.05, 0) is 5.92 Å². The fraction of sp³-hybridized carbons (Fsp3) is 0.800. The number of hydrogen-bond acceptors (Lipinski definition) is 2. The molecule has 1 unspecified atom stereocenters. The summed E-state index contributed by atoms with van der Waals surface area (Å²) in [5, 5.41) is -0.0833. The molecule has 0 aromatic rings. The van der Waals surface area contributed by atoms with Crippen LogP contribution in [0.4, 0.5) is 0 Å². The Labute approximate surface area is 49.5 Å². The first kappa shape index (κ1) is 7.02. The molecule has 0 radical (unpaired) electrons. The van der Waals surface area contributed by atoms with Crippen molar-refractivity contribution in [1.82, 2.24) is 0 Å². The van der Waals surface area contributed by atoms with E-state index >= 15 is 0 Å². The minimum absolute atomic E-state index is 0.0833. The molecule has 1 nitrogen and oxygen atoms in total. The lowest BCUT2D eigenvalue weighted by Gasteiger charge is -2.03. The third-order valence-corrected chi connectivity index (χ3v) is 1.54. The van der Waals surface area contributed by atoms with Gasteiger partial charge in [0.05, 0.1) is 5.25 Å². The molecule has 0 saturated heterocycles. The van der Waals surface area contributed by atoms with E-state index in [4.69, 9.17) is 0 Å². The third-order valence-electron chi connectivity index (χ3n) is 0.822. The van der Waals surface area contributed by atoms with Crippen molar-refractivity contribution >= 4 is 18.9 Å². The van der Waals surface area contributed by atoms with E-state index in [1.807, 2.05) is 13.8 Å². The highest BCUT2D eigenvalue weighted by molar-refractivity contribution is 7.81. The molecule has 0 aliphatic rings. The molecular weight excluding hydrogens is 108 g/mol. The van der Waals surface area contributed by atoms with E-state index in [0.717, 1.165) is 6.29 Å². The van der Waals surface area contributed by atoms with Gasteiger partial charge in [-0.25, -0.2) is 0 Å². The Bertz CT molecular complexity index is 61.1. The maximum atomic E-state index is 9.87. The second-order valence-corrected chi connectivity index (χ2v) is 2.47. The van der Waals surface area contributed by atoms with Crippen molar-refractivity contribution in [2.75, 3.05) is 0 Å². The second-order valence-electron chi connectivity index (χ2n) is 1.87. The molecule has 0 heterocycles. The lowest BCUT2D eigenvalue weighted by Crippen LogP contribution is -2.07. The lowest BCUT2D eigenvalue weighted by molar-refractivity contribution is -0.107. The molecule has 0 aromatic heterocycles. The largest absolute Gasteiger partial charge is 0.302 e. The highest BCUT2D eigenvalue weighted by Gasteiger charge is 2.03. The van der Waals surface area contributed by atoms with Crippen molar-refractivity contribution in [1.29, 1.82) is 0 Å². The number of carbonyl (C=O) groups excluding carboxylic acids is 1. The van der Waals surface area contributed by atoms with Crippen LogP contribution in [0.15, 0.2) is 0 Å². The Hall–Kier alpha value is 0.0200. The highest BCUT2D eigenvalue weighted by Crippen LogP contribution is 2.03. The molecule has 0 rings (SSSR count). The van der Waals surface area contributed by atoms with Crippen LogP contribution in [0.25, 0.3) is 0 Å². The molecule has 0 spiro atoms. The smallest absolute Gasteiger partial charge is 0.132 e. The molecule has 0 aromatic carbocycles. The molecule has 0 aliphatic heterocycles. The lowest BCUT2D eigenvalue weighted by atomic mass is 10.1. The Balaban J connectivity index is 3.33. The van der Waals surface area contributed by atoms with Crippen molar-refractivity contribution in [3.63, 3.8) is 0 Å². The summed E-state index contributed by atoms with van der Waals surface area (Å²) in [6, 6.07) is 0. The summed E-state index contributed by atoms with van der Waals surface area (Å²) in [4.78, 5) is 9.87. The number of aldehydes is 1. The van der Waals surface area contributed by atoms with E-state index in [9.17, 15) is 4.79 Å². The van der Waals surface area contributed by atoms with Crippen molar-refractivity contribution in [2.24, 2.45) is 5.92 Å². The van der Waals surface area contributed by atoms with Crippen LogP contribution in [0.3, 0.4) is 0 Å². The van der Waals surface area contributed by atoms with Crippen molar-refractivity contribution in [3.8, 4) is 0 Å². The minimum atomic E-state index is -0.0833. The normalized spacial score (nSPS) is 14.3. The SMILES string of the molecule is CC(C)C(S)C=O. The van der Waals surface area contributed by atoms with Crippen LogP contribution in [0.2, 0.25) is 0 Å². The topological polar surface area (TPSA) is 17.1 Å². The van der Waals surface area contributed by atoms with Gasteiger partial charge in [0.1, 0.15) is 6.29 Å². The average molecular weight is 118 g/mol. The van der Waals surface area contributed by atoms with E-state index in [-0.39, 0.29) is 5.25 Å². The molecule has 42 valence electrons. The molecule has 0 fully saturated rings. The summed E-state index contributed by atoms with van der Waals surface area (Å²) in [5.41, 5.74) is 0. The molecule has 0 bridgehead atoms. The van der Waals surface area contributed by atoms with Crippen LogP contribution < -0.4 is 0 Å². The van der Waals surface area contributed by atoms with Crippen LogP contribution in [-0.4, -0.2) is 11.5 Å². The Morgan fingerprint density at radius 3 is 2.00 bits per heavy atom. The van der Waals surface area contributed by atoms with Gasteiger partial charge in [0, 0.05) is 0 Å². The minimum Gasteiger partial charge on any atom is -0.302 e. The van der Waals surface area contributed by atoms with Gasteiger partial charge in [-0.1, -0.05) is 13.8 Å². The third kappa shape index (κ3) is 2.68. The monoisotopic (exact) mass is 118 g/mol. The van der Waals surface area contributed by atoms with Gasteiger partial charge in [-0.2, -0.15) is 12.6 Å². The van der Waals surface area contributed by atoms with Crippen LogP contribution in [-0.2, 0) is 4.79 Å². The molecule has 7 heavy (non-hydrogen) atoms. The first-order valence-electron chi connectivity index (χ1n) is 2.32. The average Bonchev–Trinajstić information content (AvgIpc) is 1.65. The summed E-state index contributed by atoms with van der Waals surface area (Å²) in [6.45, 7) is 3.93. The van der Waals surface area contributed by atoms with Gasteiger partial charge in [-0.3, -0.25) is 0 Å². The van der Waals surface area contributed by atoms with Crippen molar-refractivity contribution in [3.05, 3.63) is 0 Å². The molecule has 1 atom stereocenters. The van der Waals surface area contributed by atoms with Crippen LogP contribution in [0.1, 0.15) is 13.8 Å². The zero-order valence-corrected chi connectivity index (χ0v) is 5.48. The van der Waals surface area contributed by atoms with Crippen molar-refractivity contribution in [2.45, 2.75) is 19.1 Å². The van der Waals surface area contributed by atoms with E-state index in [1.165, 1.54) is 0 Å². The fourth-order valence-corrected chi connectivity index (χ4v) is 0.157. The number of carbonyl (C=O) groups is 1. The van der Waals surface area contributed by atoms with Crippen molar-refractivity contribution < 1.29 is 4.79 Å². The van der Waals surface area contributed by atoms with E-state index < -0.39 is 0 Å². The zero-order valence-electron chi connectivity index (χ0n) is 4.59. The van der Waals surface area contributed by atoms with Crippen LogP contribution >= 0.6 is 12.6 Å². The van der Waals surface area contributed by atoms with E-state index in [1.54, 1.807) is 0 Å². The molecule has 0 saturated carbocycles. The quantitative estimate of drug-likeness (QED) is 0.425. The summed E-state index contributed by atoms with van der Waals surface area (Å²) in [7, 11) is 0. The Kier molecular flexibility index (Phi) is 3.09. The first-order chi connectivity index (χ1) is 3.18. The van der Waals surface area contributed by atoms with Gasteiger partial charge in [0.15, 0.2) is 0 Å². The van der Waals surface area contributed by atoms with E-state index in [2.05, 4.69) is 12.6 Å². The number of thiol groups is 1. The maximum Gasteiger partial charge on any atom is 0.132 e. The summed E-state index contributed by atoms with van der Waals surface area (Å²) in [5.74, 6) is 0.362. The van der Waals surface area contributed by atoms with Gasteiger partial charge >= 0.3 is 0 Å². The maximum absolute atomic E-state index is 9.87. The van der Waals surface area contributed by atoms with Crippen LogP contribution in [0.5, 0.6) is 0 Å². The standard InChI is InChI=1S/C5H10OS/c1-4(2)5(7)3-6/h3-5,7H,1-2H3. The molecule has 0 aliphatic carbocycles. The zero-order chi connectivity index (χ0) is 5.86. The number of rotatable bonds is 2. The van der Waals surface area contributed by atoms with Crippen LogP contribution in [0, 0.1) is 5.92 Å². The van der Waals surface area contributed by atoms with Gasteiger partial charge in [0.25, 0.3) is 0 Å². The predicted molar refractivity (Wildman–Crippen MR) is 33.7 cm³/mol. The number of hydrogen-bond donors (Lipinski definition) is 1. The van der Waals surface area contributed by atoms with E-state index in [0.29, 0.717) is 5.92 Å². The van der Waals surface area contributed by atoms with Gasteiger partial charge < -0.3 is 4.79 Å². The molecule has 0 N–H and O–H groups in total.